The molecule has 0 aliphatic carbocycles. The first-order valence-electron chi connectivity index (χ1n) is 11.0. The zero-order valence-electron chi connectivity index (χ0n) is 19.5. The summed E-state index contributed by atoms with van der Waals surface area (Å²) < 4.78 is 0. The van der Waals surface area contributed by atoms with Gasteiger partial charge in [-0.25, -0.2) is 4.79 Å². The van der Waals surface area contributed by atoms with Gasteiger partial charge in [0.25, 0.3) is 5.91 Å². The average molecular weight is 436 g/mol. The van der Waals surface area contributed by atoms with Crippen molar-refractivity contribution in [1.82, 2.24) is 10.2 Å². The molecule has 0 bridgehead atoms. The van der Waals surface area contributed by atoms with Gasteiger partial charge < -0.3 is 16.0 Å². The van der Waals surface area contributed by atoms with Crippen molar-refractivity contribution in [3.63, 3.8) is 0 Å². The van der Waals surface area contributed by atoms with Crippen LogP contribution in [0.4, 0.5) is 16.2 Å². The first-order chi connectivity index (χ1) is 15.1. The van der Waals surface area contributed by atoms with Crippen LogP contribution in [-0.2, 0) is 11.3 Å². The lowest BCUT2D eigenvalue weighted by Gasteiger charge is -2.24. The summed E-state index contributed by atoms with van der Waals surface area (Å²) in [6, 6.07) is 14.8. The Bertz CT molecular complexity index is 1000. The maximum atomic E-state index is 13.0. The number of hydrogen-bond donors (Lipinski definition) is 4. The second-order valence-corrected chi connectivity index (χ2v) is 9.35. The fourth-order valence-corrected chi connectivity index (χ4v) is 4.06. The normalized spacial score (nSPS) is 18.3. The van der Waals surface area contributed by atoms with Gasteiger partial charge in [0.1, 0.15) is 5.54 Å². The van der Waals surface area contributed by atoms with E-state index in [2.05, 4.69) is 43.6 Å². The second-order valence-electron chi connectivity index (χ2n) is 9.35. The number of hydrogen-bond acceptors (Lipinski definition) is 3. The maximum absolute atomic E-state index is 13.0. The number of nitrogens with zero attached hydrogens (tertiary/aromatic N) is 1. The summed E-state index contributed by atoms with van der Waals surface area (Å²) in [6.45, 7) is 10.5. The first kappa shape index (κ1) is 23.3. The molecule has 1 aliphatic heterocycles. The first-order valence-corrected chi connectivity index (χ1v) is 11.0. The lowest BCUT2D eigenvalue weighted by molar-refractivity contribution is -0.131. The average Bonchev–Trinajstić information content (AvgIpc) is 2.90. The topological polar surface area (TPSA) is 97.3 Å². The van der Waals surface area contributed by atoms with E-state index < -0.39 is 5.54 Å². The number of urea groups is 1. The highest BCUT2D eigenvalue weighted by molar-refractivity contribution is 6.07. The SMILES string of the molecule is CC(C)CC1(C)NC(=N)N(Cc2cccc(NC(=O)Nc3ccc(C(C)C)cc3)c2)C1=O. The van der Waals surface area contributed by atoms with Crippen molar-refractivity contribution in [2.24, 2.45) is 5.92 Å². The van der Waals surface area contributed by atoms with E-state index in [-0.39, 0.29) is 24.4 Å². The fourth-order valence-electron chi connectivity index (χ4n) is 4.06. The van der Waals surface area contributed by atoms with Crippen LogP contribution in [-0.4, -0.2) is 28.3 Å². The minimum Gasteiger partial charge on any atom is -0.342 e. The molecule has 1 aliphatic rings. The molecule has 1 heterocycles. The number of carbonyl (C=O) groups excluding carboxylic acids is 2. The van der Waals surface area contributed by atoms with Crippen LogP contribution in [0.25, 0.3) is 0 Å². The Morgan fingerprint density at radius 1 is 1.06 bits per heavy atom. The van der Waals surface area contributed by atoms with Crippen LogP contribution in [0.1, 0.15) is 58.1 Å². The highest BCUT2D eigenvalue weighted by Crippen LogP contribution is 2.26. The molecule has 7 nitrogen and oxygen atoms in total. The Balaban J connectivity index is 1.63. The van der Waals surface area contributed by atoms with Gasteiger partial charge in [0.15, 0.2) is 5.96 Å². The van der Waals surface area contributed by atoms with Crippen molar-refractivity contribution in [2.75, 3.05) is 10.6 Å². The Morgan fingerprint density at radius 2 is 1.72 bits per heavy atom. The summed E-state index contributed by atoms with van der Waals surface area (Å²) in [6.07, 6.45) is 0.657. The van der Waals surface area contributed by atoms with Gasteiger partial charge in [-0.05, 0) is 60.6 Å². The number of rotatable bonds is 7. The number of carbonyl (C=O) groups is 2. The molecule has 3 amide bonds. The molecule has 1 atom stereocenters. The molecular weight excluding hydrogens is 402 g/mol. The third-order valence-electron chi connectivity index (χ3n) is 5.56. The summed E-state index contributed by atoms with van der Waals surface area (Å²) in [5.74, 6) is 0.774. The molecule has 170 valence electrons. The van der Waals surface area contributed by atoms with E-state index in [4.69, 9.17) is 5.41 Å². The van der Waals surface area contributed by atoms with E-state index >= 15 is 0 Å². The van der Waals surface area contributed by atoms with Crippen LogP contribution in [0.3, 0.4) is 0 Å². The lowest BCUT2D eigenvalue weighted by Crippen LogP contribution is -2.44. The van der Waals surface area contributed by atoms with E-state index in [0.717, 1.165) is 11.3 Å². The fraction of sp³-hybridized carbons (Fsp3) is 0.400. The van der Waals surface area contributed by atoms with Crippen molar-refractivity contribution >= 4 is 29.3 Å². The Hall–Kier alpha value is -3.35. The zero-order chi connectivity index (χ0) is 23.5. The minimum absolute atomic E-state index is 0.0999. The molecule has 0 saturated carbocycles. The van der Waals surface area contributed by atoms with Crippen LogP contribution < -0.4 is 16.0 Å². The molecular formula is C25H33N5O2. The predicted molar refractivity (Wildman–Crippen MR) is 129 cm³/mol. The van der Waals surface area contributed by atoms with Crippen molar-refractivity contribution in [2.45, 2.75) is 59.0 Å². The maximum Gasteiger partial charge on any atom is 0.323 e. The number of benzene rings is 2. The Labute approximate surface area is 190 Å². The Morgan fingerprint density at radius 3 is 2.34 bits per heavy atom. The molecule has 2 aromatic carbocycles. The highest BCUT2D eigenvalue weighted by atomic mass is 16.2. The molecule has 3 rings (SSSR count). The van der Waals surface area contributed by atoms with Gasteiger partial charge in [0.2, 0.25) is 0 Å². The monoisotopic (exact) mass is 435 g/mol. The molecule has 0 aromatic heterocycles. The molecule has 7 heteroatoms. The largest absolute Gasteiger partial charge is 0.342 e. The third kappa shape index (κ3) is 5.46. The molecule has 2 aromatic rings. The molecule has 1 saturated heterocycles. The molecule has 1 fully saturated rings. The van der Waals surface area contributed by atoms with Crippen LogP contribution in [0.2, 0.25) is 0 Å². The summed E-state index contributed by atoms with van der Waals surface area (Å²) >= 11 is 0. The van der Waals surface area contributed by atoms with Gasteiger partial charge in [0.05, 0.1) is 6.54 Å². The number of guanidine groups is 1. The van der Waals surface area contributed by atoms with Crippen LogP contribution in [0.15, 0.2) is 48.5 Å². The summed E-state index contributed by atoms with van der Waals surface area (Å²) in [5, 5.41) is 16.9. The summed E-state index contributed by atoms with van der Waals surface area (Å²) in [4.78, 5) is 26.8. The van der Waals surface area contributed by atoms with E-state index in [0.29, 0.717) is 23.9 Å². The van der Waals surface area contributed by atoms with E-state index in [1.54, 1.807) is 6.07 Å². The predicted octanol–water partition coefficient (Wildman–Crippen LogP) is 5.13. The lowest BCUT2D eigenvalue weighted by atomic mass is 9.91. The van der Waals surface area contributed by atoms with Gasteiger partial charge >= 0.3 is 6.03 Å². The van der Waals surface area contributed by atoms with Crippen molar-refractivity contribution in [1.29, 1.82) is 5.41 Å². The smallest absolute Gasteiger partial charge is 0.323 e. The van der Waals surface area contributed by atoms with Crippen molar-refractivity contribution in [3.8, 4) is 0 Å². The van der Waals surface area contributed by atoms with Gasteiger partial charge in [-0.15, -0.1) is 0 Å². The highest BCUT2D eigenvalue weighted by Gasteiger charge is 2.45. The standard InChI is InChI=1S/C25H33N5O2/c1-16(2)14-25(5)22(31)30(23(26)29-25)15-18-7-6-8-21(13-18)28-24(32)27-20-11-9-19(10-12-20)17(3)4/h6-13,16-17H,14-15H2,1-5H3,(H2,26,29)(H2,27,28,32). The van der Waals surface area contributed by atoms with Gasteiger partial charge in [0, 0.05) is 11.4 Å². The number of amides is 3. The molecule has 0 radical (unpaired) electrons. The number of nitrogens with one attached hydrogen (secondary N) is 4. The van der Waals surface area contributed by atoms with Gasteiger partial charge in [-0.2, -0.15) is 0 Å². The molecule has 1 unspecified atom stereocenters. The third-order valence-corrected chi connectivity index (χ3v) is 5.56. The van der Waals surface area contributed by atoms with Gasteiger partial charge in [-0.1, -0.05) is 52.0 Å². The molecule has 0 spiro atoms. The van der Waals surface area contributed by atoms with E-state index in [9.17, 15) is 9.59 Å². The van der Waals surface area contributed by atoms with Crippen LogP contribution in [0.5, 0.6) is 0 Å². The van der Waals surface area contributed by atoms with Crippen molar-refractivity contribution in [3.05, 3.63) is 59.7 Å². The van der Waals surface area contributed by atoms with Crippen LogP contribution in [0, 0.1) is 11.3 Å². The van der Waals surface area contributed by atoms with E-state index in [1.165, 1.54) is 10.5 Å². The minimum atomic E-state index is -0.758. The Kier molecular flexibility index (Phi) is 6.87. The zero-order valence-corrected chi connectivity index (χ0v) is 19.5. The van der Waals surface area contributed by atoms with Gasteiger partial charge in [-0.3, -0.25) is 15.1 Å². The molecule has 32 heavy (non-hydrogen) atoms. The number of anilines is 2. The summed E-state index contributed by atoms with van der Waals surface area (Å²) in [7, 11) is 0. The molecule has 4 N–H and O–H groups in total. The second kappa shape index (κ2) is 9.42. The van der Waals surface area contributed by atoms with Crippen molar-refractivity contribution < 1.29 is 9.59 Å². The summed E-state index contributed by atoms with van der Waals surface area (Å²) in [5.41, 5.74) is 2.62. The van der Waals surface area contributed by atoms with Crippen LogP contribution >= 0.6 is 0 Å². The quantitative estimate of drug-likeness (QED) is 0.486. The van der Waals surface area contributed by atoms with E-state index in [1.807, 2.05) is 49.4 Å².